The van der Waals surface area contributed by atoms with E-state index in [1.807, 2.05) is 18.2 Å². The second kappa shape index (κ2) is 8.51. The highest BCUT2D eigenvalue weighted by atomic mass is 16.5. The maximum atomic E-state index is 13.3. The maximum Gasteiger partial charge on any atom is 0.258 e. The van der Waals surface area contributed by atoms with Crippen LogP contribution >= 0.6 is 0 Å². The van der Waals surface area contributed by atoms with Gasteiger partial charge in [0.2, 0.25) is 0 Å². The van der Waals surface area contributed by atoms with Crippen LogP contribution in [0.2, 0.25) is 0 Å². The molecule has 0 atom stereocenters. The van der Waals surface area contributed by atoms with Gasteiger partial charge in [-0.3, -0.25) is 14.7 Å². The molecule has 0 radical (unpaired) electrons. The smallest absolute Gasteiger partial charge is 0.258 e. The number of aromatic hydroxyl groups is 1. The predicted octanol–water partition coefficient (Wildman–Crippen LogP) is 3.49. The number of aromatic nitrogens is 2. The Labute approximate surface area is 192 Å². The van der Waals surface area contributed by atoms with Gasteiger partial charge in [0.1, 0.15) is 23.3 Å². The third-order valence-electron chi connectivity index (χ3n) is 6.65. The van der Waals surface area contributed by atoms with Crippen LogP contribution in [0.1, 0.15) is 58.2 Å². The number of ketones is 1. The van der Waals surface area contributed by atoms with E-state index in [1.165, 1.54) is 6.07 Å². The van der Waals surface area contributed by atoms with Crippen molar-refractivity contribution in [1.29, 1.82) is 0 Å². The SMILES string of the molecule is CCC(=O)c1n[nH]c2cc(O)c(C(=O)N3Cc4ccc(OC5CCN(C)CC5)cc4C3)cc12. The predicted molar refractivity (Wildman–Crippen MR) is 124 cm³/mol. The molecular weight excluding hydrogens is 420 g/mol. The Kier molecular flexibility index (Phi) is 5.54. The Morgan fingerprint density at radius 1 is 1.15 bits per heavy atom. The van der Waals surface area contributed by atoms with Gasteiger partial charge >= 0.3 is 0 Å². The molecule has 0 aliphatic carbocycles. The summed E-state index contributed by atoms with van der Waals surface area (Å²) in [5.41, 5.74) is 3.12. The maximum absolute atomic E-state index is 13.3. The highest BCUT2D eigenvalue weighted by Crippen LogP contribution is 2.32. The molecule has 1 amide bonds. The van der Waals surface area contributed by atoms with Crippen LogP contribution in [0.5, 0.6) is 11.5 Å². The number of carbonyl (C=O) groups is 2. The third-order valence-corrected chi connectivity index (χ3v) is 6.65. The van der Waals surface area contributed by atoms with E-state index in [1.54, 1.807) is 17.9 Å². The quantitative estimate of drug-likeness (QED) is 0.580. The van der Waals surface area contributed by atoms with Gasteiger partial charge in [0.25, 0.3) is 5.91 Å². The van der Waals surface area contributed by atoms with Crippen molar-refractivity contribution >= 4 is 22.6 Å². The van der Waals surface area contributed by atoms with Crippen molar-refractivity contribution in [2.45, 2.75) is 45.4 Å². The topological polar surface area (TPSA) is 98.8 Å². The Morgan fingerprint density at radius 3 is 2.67 bits per heavy atom. The van der Waals surface area contributed by atoms with E-state index in [0.29, 0.717) is 36.1 Å². The van der Waals surface area contributed by atoms with Crippen LogP contribution in [-0.4, -0.2) is 63.0 Å². The summed E-state index contributed by atoms with van der Waals surface area (Å²) in [5.74, 6) is 0.312. The molecule has 3 heterocycles. The molecule has 8 nitrogen and oxygen atoms in total. The molecule has 1 aromatic heterocycles. The van der Waals surface area contributed by atoms with Gasteiger partial charge in [0, 0.05) is 44.1 Å². The van der Waals surface area contributed by atoms with Gasteiger partial charge in [-0.05, 0) is 49.2 Å². The number of hydrogen-bond donors (Lipinski definition) is 2. The van der Waals surface area contributed by atoms with E-state index in [2.05, 4.69) is 22.1 Å². The first kappa shape index (κ1) is 21.5. The average molecular weight is 449 g/mol. The van der Waals surface area contributed by atoms with Crippen molar-refractivity contribution in [3.63, 3.8) is 0 Å². The van der Waals surface area contributed by atoms with Gasteiger partial charge in [-0.25, -0.2) is 0 Å². The standard InChI is InChI=1S/C25H28N4O4/c1-3-22(30)24-19-11-20(23(31)12-21(19)26-27-24)25(32)29-13-15-4-5-18(10-16(15)14-29)33-17-6-8-28(2)9-7-17/h4-5,10-12,17,31H,3,6-9,13-14H2,1-2H3,(H,26,27). The fraction of sp³-hybridized carbons (Fsp3) is 0.400. The van der Waals surface area contributed by atoms with Crippen molar-refractivity contribution in [2.75, 3.05) is 20.1 Å². The molecule has 2 aromatic carbocycles. The number of nitrogens with zero attached hydrogens (tertiary/aromatic N) is 3. The van der Waals surface area contributed by atoms with Crippen molar-refractivity contribution in [1.82, 2.24) is 20.0 Å². The van der Waals surface area contributed by atoms with Crippen LogP contribution in [0.15, 0.2) is 30.3 Å². The molecule has 2 aliphatic rings. The average Bonchev–Trinajstić information content (AvgIpc) is 3.42. The highest BCUT2D eigenvalue weighted by Gasteiger charge is 2.28. The molecule has 2 N–H and O–H groups in total. The molecule has 5 rings (SSSR count). The summed E-state index contributed by atoms with van der Waals surface area (Å²) in [4.78, 5) is 29.5. The molecule has 172 valence electrons. The number of aromatic amines is 1. The first-order valence-corrected chi connectivity index (χ1v) is 11.4. The van der Waals surface area contributed by atoms with Crippen LogP contribution in [0.3, 0.4) is 0 Å². The third kappa shape index (κ3) is 4.06. The zero-order valence-electron chi connectivity index (χ0n) is 18.9. The second-order valence-electron chi connectivity index (χ2n) is 8.98. The molecule has 3 aromatic rings. The minimum absolute atomic E-state index is 0.115. The molecule has 0 spiro atoms. The first-order valence-electron chi connectivity index (χ1n) is 11.4. The largest absolute Gasteiger partial charge is 0.507 e. The normalized spacial score (nSPS) is 16.8. The molecule has 1 fully saturated rings. The number of H-pyrrole nitrogens is 1. The number of hydrogen-bond acceptors (Lipinski definition) is 6. The molecule has 2 aliphatic heterocycles. The van der Waals surface area contributed by atoms with Gasteiger partial charge in [-0.15, -0.1) is 0 Å². The van der Waals surface area contributed by atoms with E-state index in [-0.39, 0.29) is 29.1 Å². The Balaban J connectivity index is 1.34. The molecule has 1 saturated heterocycles. The van der Waals surface area contributed by atoms with E-state index < -0.39 is 0 Å². The molecule has 33 heavy (non-hydrogen) atoms. The van der Waals surface area contributed by atoms with Crippen LogP contribution in [0, 0.1) is 0 Å². The number of benzene rings is 2. The Hall–Kier alpha value is -3.39. The van der Waals surface area contributed by atoms with Crippen LogP contribution in [0.4, 0.5) is 0 Å². The van der Waals surface area contributed by atoms with Crippen molar-refractivity contribution < 1.29 is 19.4 Å². The van der Waals surface area contributed by atoms with Crippen LogP contribution < -0.4 is 4.74 Å². The van der Waals surface area contributed by atoms with Gasteiger partial charge in [-0.1, -0.05) is 13.0 Å². The molecule has 8 heteroatoms. The second-order valence-corrected chi connectivity index (χ2v) is 8.98. The lowest BCUT2D eigenvalue weighted by Gasteiger charge is -2.29. The number of amides is 1. The van der Waals surface area contributed by atoms with Gasteiger partial charge in [0.15, 0.2) is 5.78 Å². The number of nitrogens with one attached hydrogen (secondary N) is 1. The van der Waals surface area contributed by atoms with Crippen molar-refractivity contribution in [3.05, 3.63) is 52.7 Å². The summed E-state index contributed by atoms with van der Waals surface area (Å²) < 4.78 is 6.20. The van der Waals surface area contributed by atoms with E-state index in [0.717, 1.165) is 42.8 Å². The fourth-order valence-electron chi connectivity index (χ4n) is 4.66. The fourth-order valence-corrected chi connectivity index (χ4v) is 4.66. The summed E-state index contributed by atoms with van der Waals surface area (Å²) >= 11 is 0. The molecule has 0 bridgehead atoms. The summed E-state index contributed by atoms with van der Waals surface area (Å²) in [5, 5.41) is 17.9. The molecule has 0 unspecified atom stereocenters. The lowest BCUT2D eigenvalue weighted by atomic mass is 10.1. The number of likely N-dealkylation sites (tertiary alicyclic amines) is 1. The number of piperidine rings is 1. The zero-order chi connectivity index (χ0) is 23.1. The van der Waals surface area contributed by atoms with Crippen molar-refractivity contribution in [2.24, 2.45) is 0 Å². The summed E-state index contributed by atoms with van der Waals surface area (Å²) in [6, 6.07) is 9.04. The summed E-state index contributed by atoms with van der Waals surface area (Å²) in [6.07, 6.45) is 2.55. The number of phenolic OH excluding ortho intramolecular Hbond substituents is 1. The van der Waals surface area contributed by atoms with Crippen LogP contribution in [-0.2, 0) is 13.1 Å². The summed E-state index contributed by atoms with van der Waals surface area (Å²) in [7, 11) is 2.13. The lowest BCUT2D eigenvalue weighted by molar-refractivity contribution is 0.0748. The number of Topliss-reactive ketones (excluding diaryl/α,β-unsaturated/α-hetero) is 1. The number of rotatable bonds is 5. The zero-order valence-corrected chi connectivity index (χ0v) is 18.9. The number of phenols is 1. The van der Waals surface area contributed by atoms with Crippen LogP contribution in [0.25, 0.3) is 10.9 Å². The van der Waals surface area contributed by atoms with Crippen molar-refractivity contribution in [3.8, 4) is 11.5 Å². The Morgan fingerprint density at radius 2 is 1.91 bits per heavy atom. The van der Waals surface area contributed by atoms with E-state index >= 15 is 0 Å². The minimum Gasteiger partial charge on any atom is -0.507 e. The van der Waals surface area contributed by atoms with Gasteiger partial charge in [-0.2, -0.15) is 5.10 Å². The first-order chi connectivity index (χ1) is 15.9. The Bertz CT molecular complexity index is 1230. The summed E-state index contributed by atoms with van der Waals surface area (Å²) in [6.45, 7) is 4.75. The molecule has 0 saturated carbocycles. The number of fused-ring (bicyclic) bond motifs is 2. The lowest BCUT2D eigenvalue weighted by Crippen LogP contribution is -2.35. The van der Waals surface area contributed by atoms with Gasteiger partial charge in [0.05, 0.1) is 11.1 Å². The number of ether oxygens (including phenoxy) is 1. The van der Waals surface area contributed by atoms with E-state index in [4.69, 9.17) is 4.74 Å². The van der Waals surface area contributed by atoms with E-state index in [9.17, 15) is 14.7 Å². The number of carbonyl (C=O) groups excluding carboxylic acids is 2. The monoisotopic (exact) mass is 448 g/mol. The highest BCUT2D eigenvalue weighted by molar-refractivity contribution is 6.09. The van der Waals surface area contributed by atoms with Gasteiger partial charge < -0.3 is 19.6 Å². The minimum atomic E-state index is -0.278. The molecular formula is C25H28N4O4.